The molecule has 9 nitrogen and oxygen atoms in total. The van der Waals surface area contributed by atoms with Gasteiger partial charge in [-0.25, -0.2) is 4.39 Å². The summed E-state index contributed by atoms with van der Waals surface area (Å²) >= 11 is 6.69. The van der Waals surface area contributed by atoms with Crippen LogP contribution in [0.25, 0.3) is 10.8 Å². The number of aromatic nitrogens is 2. The second-order valence-electron chi connectivity index (χ2n) is 11.9. The molecule has 3 aromatic rings. The van der Waals surface area contributed by atoms with Crippen molar-refractivity contribution >= 4 is 39.8 Å². The Morgan fingerprint density at radius 3 is 2.81 bits per heavy atom. The quantitative estimate of drug-likeness (QED) is 0.412. The molecule has 1 aromatic heterocycles. The first-order valence-electron chi connectivity index (χ1n) is 14.9. The van der Waals surface area contributed by atoms with Crippen molar-refractivity contribution < 1.29 is 13.9 Å². The lowest BCUT2D eigenvalue weighted by molar-refractivity contribution is -0.131. The van der Waals surface area contributed by atoms with Crippen molar-refractivity contribution in [1.29, 1.82) is 5.26 Å². The average molecular weight is 602 g/mol. The number of rotatable bonds is 6. The molecule has 1 unspecified atom stereocenters. The number of nitriles is 1. The molecule has 222 valence electrons. The predicted octanol–water partition coefficient (Wildman–Crippen LogP) is 4.53. The van der Waals surface area contributed by atoms with Gasteiger partial charge in [-0.1, -0.05) is 42.4 Å². The van der Waals surface area contributed by atoms with Crippen LogP contribution in [-0.2, 0) is 17.8 Å². The Kier molecular flexibility index (Phi) is 7.10. The highest BCUT2D eigenvalue weighted by Crippen LogP contribution is 2.46. The van der Waals surface area contributed by atoms with Gasteiger partial charge in [0, 0.05) is 49.2 Å². The number of nitrogens with zero attached hydrogens (tertiary/aromatic N) is 6. The fourth-order valence-electron chi connectivity index (χ4n) is 7.03. The van der Waals surface area contributed by atoms with Crippen LogP contribution >= 0.6 is 11.6 Å². The first-order chi connectivity index (χ1) is 20.9. The maximum Gasteiger partial charge on any atom is 0.319 e. The van der Waals surface area contributed by atoms with Crippen LogP contribution in [0.5, 0.6) is 6.01 Å². The van der Waals surface area contributed by atoms with Gasteiger partial charge >= 0.3 is 6.01 Å². The van der Waals surface area contributed by atoms with E-state index in [1.54, 1.807) is 0 Å². The third-order valence-electron chi connectivity index (χ3n) is 9.33. The van der Waals surface area contributed by atoms with E-state index in [-0.39, 0.29) is 24.6 Å². The minimum atomic E-state index is -1.01. The normalized spacial score (nSPS) is 24.6. The molecule has 1 N–H and O–H groups in total. The number of anilines is 2. The summed E-state index contributed by atoms with van der Waals surface area (Å²) in [6, 6.07) is 14.2. The van der Waals surface area contributed by atoms with Gasteiger partial charge < -0.3 is 24.8 Å². The van der Waals surface area contributed by atoms with Crippen LogP contribution in [0.3, 0.4) is 0 Å². The summed E-state index contributed by atoms with van der Waals surface area (Å²) in [5.74, 6) is -1.01. The molecule has 3 atom stereocenters. The van der Waals surface area contributed by atoms with E-state index in [2.05, 4.69) is 46.0 Å². The fourth-order valence-corrected chi connectivity index (χ4v) is 7.31. The molecule has 7 rings (SSSR count). The van der Waals surface area contributed by atoms with Crippen LogP contribution in [0.4, 0.5) is 15.9 Å². The highest BCUT2D eigenvalue weighted by atomic mass is 35.5. The van der Waals surface area contributed by atoms with Crippen molar-refractivity contribution in [3.05, 3.63) is 65.1 Å². The lowest BCUT2D eigenvalue weighted by Gasteiger charge is -2.42. The lowest BCUT2D eigenvalue weighted by atomic mass is 10.0. The van der Waals surface area contributed by atoms with E-state index in [9.17, 15) is 14.4 Å². The number of halogens is 2. The molecule has 11 heteroatoms. The Morgan fingerprint density at radius 2 is 2.05 bits per heavy atom. The minimum absolute atomic E-state index is 0.0177. The van der Waals surface area contributed by atoms with Gasteiger partial charge in [0.25, 0.3) is 5.91 Å². The van der Waals surface area contributed by atoms with Gasteiger partial charge in [-0.3, -0.25) is 4.79 Å². The highest BCUT2D eigenvalue weighted by molar-refractivity contribution is 6.36. The maximum atomic E-state index is 13.8. The second kappa shape index (κ2) is 11.0. The predicted molar refractivity (Wildman–Crippen MR) is 163 cm³/mol. The number of hydrogen-bond acceptors (Lipinski definition) is 8. The van der Waals surface area contributed by atoms with Crippen LogP contribution in [-0.4, -0.2) is 71.2 Å². The van der Waals surface area contributed by atoms with Crippen LogP contribution < -0.4 is 19.9 Å². The van der Waals surface area contributed by atoms with Gasteiger partial charge in [0.1, 0.15) is 11.9 Å². The second-order valence-corrected chi connectivity index (χ2v) is 12.3. The van der Waals surface area contributed by atoms with Crippen LogP contribution in [0.1, 0.15) is 36.9 Å². The number of amides is 1. The molecule has 43 heavy (non-hydrogen) atoms. The number of piperazine rings is 1. The molecule has 1 aliphatic carbocycles. The third-order valence-corrected chi connectivity index (χ3v) is 9.64. The molecule has 1 saturated carbocycles. The standard InChI is InChI=1S/C32H33ClFN7O2/c1-20(34)30(42)41-16-15-40(18-22(41)9-12-35)29-23-10-14-39(26-8-3-6-21-5-2-7-24(33)28(21)26)19-25(23)37-31(38-29)43-27-17-32(27)11-4-13-36-32/h2-3,5-8,22,27,36H,1,4,9-11,13-19H2/t22-,27+,32?/m0/s1. The SMILES string of the molecule is C=C(F)C(=O)N1CCN(c2nc(O[C@@H]3CC34CCCN4)nc3c2CCN(c2cccc4cccc(Cl)c24)C3)C[C@@H]1CC#N. The first-order valence-corrected chi connectivity index (χ1v) is 15.3. The van der Waals surface area contributed by atoms with E-state index in [1.165, 1.54) is 4.90 Å². The minimum Gasteiger partial charge on any atom is -0.458 e. The van der Waals surface area contributed by atoms with Crippen LogP contribution in [0.2, 0.25) is 5.02 Å². The zero-order valence-electron chi connectivity index (χ0n) is 23.9. The van der Waals surface area contributed by atoms with Crippen molar-refractivity contribution in [3.63, 3.8) is 0 Å². The number of hydrogen-bond donors (Lipinski definition) is 1. The van der Waals surface area contributed by atoms with Crippen molar-refractivity contribution in [2.75, 3.05) is 42.5 Å². The number of fused-ring (bicyclic) bond motifs is 2. The molecule has 1 spiro atoms. The van der Waals surface area contributed by atoms with Gasteiger partial charge in [-0.05, 0) is 43.3 Å². The molecule has 1 amide bonds. The van der Waals surface area contributed by atoms with E-state index in [0.29, 0.717) is 37.1 Å². The van der Waals surface area contributed by atoms with E-state index >= 15 is 0 Å². The van der Waals surface area contributed by atoms with Crippen molar-refractivity contribution in [3.8, 4) is 12.1 Å². The monoisotopic (exact) mass is 601 g/mol. The Labute approximate surface area is 254 Å². The lowest BCUT2D eigenvalue weighted by Crippen LogP contribution is -2.55. The zero-order chi connectivity index (χ0) is 29.7. The number of carbonyl (C=O) groups is 1. The molecular weight excluding hydrogens is 569 g/mol. The number of nitrogens with one attached hydrogen (secondary N) is 1. The summed E-state index contributed by atoms with van der Waals surface area (Å²) in [6.07, 6.45) is 3.95. The molecule has 2 aromatic carbocycles. The summed E-state index contributed by atoms with van der Waals surface area (Å²) < 4.78 is 20.2. The fraction of sp³-hybridized carbons (Fsp3) is 0.438. The molecular formula is C32H33ClFN7O2. The van der Waals surface area contributed by atoms with Gasteiger partial charge in [0.15, 0.2) is 5.83 Å². The van der Waals surface area contributed by atoms with E-state index in [1.807, 2.05) is 18.2 Å². The highest BCUT2D eigenvalue weighted by Gasteiger charge is 2.58. The van der Waals surface area contributed by atoms with Gasteiger partial charge in [-0.15, -0.1) is 0 Å². The molecule has 2 saturated heterocycles. The Morgan fingerprint density at radius 1 is 1.21 bits per heavy atom. The maximum absolute atomic E-state index is 13.8. The van der Waals surface area contributed by atoms with Gasteiger partial charge in [0.05, 0.1) is 41.3 Å². The molecule has 4 aliphatic rings. The number of benzene rings is 2. The summed E-state index contributed by atoms with van der Waals surface area (Å²) in [7, 11) is 0. The van der Waals surface area contributed by atoms with Crippen molar-refractivity contribution in [2.24, 2.45) is 0 Å². The van der Waals surface area contributed by atoms with Crippen molar-refractivity contribution in [2.45, 2.75) is 56.3 Å². The molecule has 4 heterocycles. The Bertz CT molecular complexity index is 1650. The molecule has 3 aliphatic heterocycles. The van der Waals surface area contributed by atoms with E-state index in [0.717, 1.165) is 65.9 Å². The summed E-state index contributed by atoms with van der Waals surface area (Å²) in [5.41, 5.74) is 2.99. The van der Waals surface area contributed by atoms with E-state index < -0.39 is 17.8 Å². The average Bonchev–Trinajstić information content (AvgIpc) is 3.44. The van der Waals surface area contributed by atoms with Crippen molar-refractivity contribution in [1.82, 2.24) is 20.2 Å². The zero-order valence-corrected chi connectivity index (χ0v) is 24.6. The number of carbonyl (C=O) groups excluding carboxylic acids is 1. The van der Waals surface area contributed by atoms with Crippen LogP contribution in [0, 0.1) is 11.3 Å². The van der Waals surface area contributed by atoms with Gasteiger partial charge in [-0.2, -0.15) is 15.2 Å². The Hall–Kier alpha value is -3.94. The smallest absolute Gasteiger partial charge is 0.319 e. The Balaban J connectivity index is 1.23. The summed E-state index contributed by atoms with van der Waals surface area (Å²) in [5, 5.41) is 15.9. The topological polar surface area (TPSA) is 97.6 Å². The summed E-state index contributed by atoms with van der Waals surface area (Å²) in [6.45, 7) is 6.54. The summed E-state index contributed by atoms with van der Waals surface area (Å²) in [4.78, 5) is 28.2. The number of ether oxygens (including phenoxy) is 1. The molecule has 3 fully saturated rings. The largest absolute Gasteiger partial charge is 0.458 e. The third kappa shape index (κ3) is 5.04. The van der Waals surface area contributed by atoms with Crippen LogP contribution in [0.15, 0.2) is 48.8 Å². The van der Waals surface area contributed by atoms with Gasteiger partial charge in [0.2, 0.25) is 0 Å². The molecule has 0 bridgehead atoms. The van der Waals surface area contributed by atoms with E-state index in [4.69, 9.17) is 26.3 Å². The first kappa shape index (κ1) is 27.9. The molecule has 0 radical (unpaired) electrons.